The van der Waals surface area contributed by atoms with Gasteiger partial charge in [0.25, 0.3) is 11.8 Å². The molecule has 1 aliphatic heterocycles. The highest BCUT2D eigenvalue weighted by Gasteiger charge is 2.23. The van der Waals surface area contributed by atoms with Crippen LogP contribution in [0, 0.1) is 6.92 Å². The molecule has 0 radical (unpaired) electrons. The van der Waals surface area contributed by atoms with Crippen molar-refractivity contribution < 1.29 is 9.59 Å². The summed E-state index contributed by atoms with van der Waals surface area (Å²) in [6, 6.07) is 14.6. The summed E-state index contributed by atoms with van der Waals surface area (Å²) in [4.78, 5) is 29.0. The summed E-state index contributed by atoms with van der Waals surface area (Å²) in [5.74, 6) is 0.0195. The third kappa shape index (κ3) is 4.20. The normalized spacial score (nSPS) is 15.0. The van der Waals surface area contributed by atoms with Gasteiger partial charge < -0.3 is 9.80 Å². The van der Waals surface area contributed by atoms with Crippen LogP contribution in [0.15, 0.2) is 48.5 Å². The maximum atomic E-state index is 12.7. The molecule has 0 bridgehead atoms. The average Bonchev–Trinajstić information content (AvgIpc) is 2.87. The molecule has 2 aromatic carbocycles. The molecule has 1 heterocycles. The molecular weight excluding hydrogens is 336 g/mol. The minimum atomic E-state index is -0.0125. The first-order valence-electron chi connectivity index (χ1n) is 8.45. The van der Waals surface area contributed by atoms with Gasteiger partial charge in [0.05, 0.1) is 0 Å². The molecule has 0 aromatic heterocycles. The van der Waals surface area contributed by atoms with Crippen molar-refractivity contribution in [2.45, 2.75) is 13.3 Å². The van der Waals surface area contributed by atoms with Gasteiger partial charge in [0.1, 0.15) is 0 Å². The molecule has 4 nitrogen and oxygen atoms in total. The first kappa shape index (κ1) is 17.5. The summed E-state index contributed by atoms with van der Waals surface area (Å²) in [5.41, 5.74) is 2.40. The Morgan fingerprint density at radius 3 is 2.04 bits per heavy atom. The van der Waals surface area contributed by atoms with E-state index in [9.17, 15) is 9.59 Å². The Bertz CT molecular complexity index is 774. The molecule has 0 saturated carbocycles. The van der Waals surface area contributed by atoms with Gasteiger partial charge in [-0.25, -0.2) is 0 Å². The van der Waals surface area contributed by atoms with Crippen molar-refractivity contribution in [2.75, 3.05) is 26.2 Å². The first-order chi connectivity index (χ1) is 12.0. The van der Waals surface area contributed by atoms with Crippen LogP contribution in [0.25, 0.3) is 0 Å². The Balaban J connectivity index is 1.67. The minimum Gasteiger partial charge on any atom is -0.337 e. The predicted molar refractivity (Wildman–Crippen MR) is 99.1 cm³/mol. The van der Waals surface area contributed by atoms with E-state index in [2.05, 4.69) is 0 Å². The van der Waals surface area contributed by atoms with Crippen LogP contribution in [0.1, 0.15) is 32.7 Å². The van der Waals surface area contributed by atoms with Gasteiger partial charge in [0, 0.05) is 42.3 Å². The van der Waals surface area contributed by atoms with Crippen molar-refractivity contribution in [3.05, 3.63) is 70.2 Å². The second kappa shape index (κ2) is 7.70. The Morgan fingerprint density at radius 1 is 0.840 bits per heavy atom. The van der Waals surface area contributed by atoms with Crippen LogP contribution in [-0.2, 0) is 0 Å². The van der Waals surface area contributed by atoms with E-state index in [4.69, 9.17) is 11.6 Å². The smallest absolute Gasteiger partial charge is 0.253 e. The highest BCUT2D eigenvalue weighted by atomic mass is 35.5. The van der Waals surface area contributed by atoms with E-state index in [1.54, 1.807) is 24.3 Å². The molecule has 0 N–H and O–H groups in total. The minimum absolute atomic E-state index is 0.0125. The lowest BCUT2D eigenvalue weighted by Gasteiger charge is -2.22. The van der Waals surface area contributed by atoms with Gasteiger partial charge in [0.2, 0.25) is 0 Å². The van der Waals surface area contributed by atoms with Gasteiger partial charge >= 0.3 is 0 Å². The Labute approximate surface area is 153 Å². The van der Waals surface area contributed by atoms with Gasteiger partial charge in [-0.3, -0.25) is 9.59 Å². The van der Waals surface area contributed by atoms with Gasteiger partial charge in [-0.15, -0.1) is 0 Å². The number of rotatable bonds is 2. The molecular formula is C20H21ClN2O2. The molecule has 130 valence electrons. The third-order valence-electron chi connectivity index (χ3n) is 4.43. The van der Waals surface area contributed by atoms with E-state index in [1.165, 1.54) is 0 Å². The van der Waals surface area contributed by atoms with E-state index in [-0.39, 0.29) is 11.8 Å². The van der Waals surface area contributed by atoms with Crippen molar-refractivity contribution in [1.82, 2.24) is 9.80 Å². The van der Waals surface area contributed by atoms with Crippen molar-refractivity contribution in [2.24, 2.45) is 0 Å². The summed E-state index contributed by atoms with van der Waals surface area (Å²) in [7, 11) is 0. The van der Waals surface area contributed by atoms with Crippen molar-refractivity contribution >= 4 is 23.4 Å². The van der Waals surface area contributed by atoms with E-state index >= 15 is 0 Å². The number of carbonyl (C=O) groups is 2. The number of amides is 2. The Morgan fingerprint density at radius 2 is 1.44 bits per heavy atom. The molecule has 0 unspecified atom stereocenters. The highest BCUT2D eigenvalue weighted by molar-refractivity contribution is 6.30. The van der Waals surface area contributed by atoms with Crippen molar-refractivity contribution in [3.63, 3.8) is 0 Å². The maximum Gasteiger partial charge on any atom is 0.253 e. The molecule has 25 heavy (non-hydrogen) atoms. The van der Waals surface area contributed by atoms with E-state index < -0.39 is 0 Å². The van der Waals surface area contributed by atoms with Gasteiger partial charge in [-0.1, -0.05) is 29.3 Å². The zero-order valence-electron chi connectivity index (χ0n) is 14.2. The lowest BCUT2D eigenvalue weighted by Crippen LogP contribution is -2.37. The zero-order valence-corrected chi connectivity index (χ0v) is 15.0. The molecule has 1 saturated heterocycles. The predicted octanol–water partition coefficient (Wildman–Crippen LogP) is 3.64. The zero-order chi connectivity index (χ0) is 17.8. The summed E-state index contributed by atoms with van der Waals surface area (Å²) < 4.78 is 0. The van der Waals surface area contributed by atoms with Crippen molar-refractivity contribution in [3.8, 4) is 0 Å². The monoisotopic (exact) mass is 356 g/mol. The second-order valence-electron chi connectivity index (χ2n) is 6.31. The number of halogens is 1. The van der Waals surface area contributed by atoms with Crippen LogP contribution < -0.4 is 0 Å². The molecule has 0 atom stereocenters. The van der Waals surface area contributed by atoms with Crippen LogP contribution in [0.3, 0.4) is 0 Å². The SMILES string of the molecule is Cc1cccc(C(=O)N2CCCN(C(=O)c3ccc(Cl)cc3)CC2)c1. The molecule has 2 aromatic rings. The fraction of sp³-hybridized carbons (Fsp3) is 0.300. The molecule has 0 aliphatic carbocycles. The van der Waals surface area contributed by atoms with Gasteiger partial charge in [0.15, 0.2) is 0 Å². The van der Waals surface area contributed by atoms with E-state index in [1.807, 2.05) is 41.0 Å². The summed E-state index contributed by atoms with van der Waals surface area (Å²) >= 11 is 5.88. The van der Waals surface area contributed by atoms with Gasteiger partial charge in [-0.05, 0) is 49.7 Å². The maximum absolute atomic E-state index is 12.7. The Kier molecular flexibility index (Phi) is 5.39. The molecule has 1 fully saturated rings. The van der Waals surface area contributed by atoms with Crippen molar-refractivity contribution in [1.29, 1.82) is 0 Å². The fourth-order valence-electron chi connectivity index (χ4n) is 3.06. The van der Waals surface area contributed by atoms with Crippen LogP contribution in [0.2, 0.25) is 5.02 Å². The van der Waals surface area contributed by atoms with Crippen LogP contribution in [-0.4, -0.2) is 47.8 Å². The lowest BCUT2D eigenvalue weighted by atomic mass is 10.1. The number of hydrogen-bond donors (Lipinski definition) is 0. The number of nitrogens with zero attached hydrogens (tertiary/aromatic N) is 2. The van der Waals surface area contributed by atoms with E-state index in [0.29, 0.717) is 42.3 Å². The number of hydrogen-bond acceptors (Lipinski definition) is 2. The number of carbonyl (C=O) groups excluding carboxylic acids is 2. The van der Waals surface area contributed by atoms with Crippen LogP contribution in [0.5, 0.6) is 0 Å². The summed E-state index contributed by atoms with van der Waals surface area (Å²) in [6.45, 7) is 4.38. The quantitative estimate of drug-likeness (QED) is 0.824. The second-order valence-corrected chi connectivity index (χ2v) is 6.75. The topological polar surface area (TPSA) is 40.6 Å². The molecule has 0 spiro atoms. The standard InChI is InChI=1S/C20H21ClN2O2/c1-15-4-2-5-17(14-15)20(25)23-11-3-10-22(12-13-23)19(24)16-6-8-18(21)9-7-16/h2,4-9,14H,3,10-13H2,1H3. The van der Waals surface area contributed by atoms with Crippen LogP contribution in [0.4, 0.5) is 0 Å². The average molecular weight is 357 g/mol. The number of aryl methyl sites for hydroxylation is 1. The molecule has 2 amide bonds. The van der Waals surface area contributed by atoms with Crippen LogP contribution >= 0.6 is 11.6 Å². The fourth-order valence-corrected chi connectivity index (χ4v) is 3.19. The lowest BCUT2D eigenvalue weighted by molar-refractivity contribution is 0.0718. The van der Waals surface area contributed by atoms with Gasteiger partial charge in [-0.2, -0.15) is 0 Å². The largest absolute Gasteiger partial charge is 0.337 e. The first-order valence-corrected chi connectivity index (χ1v) is 8.83. The molecule has 5 heteroatoms. The summed E-state index contributed by atoms with van der Waals surface area (Å²) in [6.07, 6.45) is 0.775. The molecule has 3 rings (SSSR count). The third-order valence-corrected chi connectivity index (χ3v) is 4.68. The highest BCUT2D eigenvalue weighted by Crippen LogP contribution is 2.15. The Hall–Kier alpha value is -2.33. The number of benzene rings is 2. The molecule has 1 aliphatic rings. The summed E-state index contributed by atoms with van der Waals surface area (Å²) in [5, 5.41) is 0.613. The van der Waals surface area contributed by atoms with E-state index in [0.717, 1.165) is 12.0 Å².